The summed E-state index contributed by atoms with van der Waals surface area (Å²) in [5, 5.41) is 0.708. The fourth-order valence-electron chi connectivity index (χ4n) is 4.02. The molecule has 32 heavy (non-hydrogen) atoms. The fraction of sp³-hybridized carbons (Fsp3) is 0.348. The number of para-hydroxylation sites is 1. The van der Waals surface area contributed by atoms with Crippen LogP contribution in [0.3, 0.4) is 0 Å². The number of alkyl halides is 3. The third-order valence-electron chi connectivity index (χ3n) is 5.53. The predicted octanol–water partition coefficient (Wildman–Crippen LogP) is 4.98. The smallest absolute Gasteiger partial charge is 0.406 e. The second-order valence-corrected chi connectivity index (χ2v) is 7.86. The Bertz CT molecular complexity index is 1110. The third kappa shape index (κ3) is 5.40. The van der Waals surface area contributed by atoms with Crippen LogP contribution in [0.15, 0.2) is 48.5 Å². The molecule has 5 nitrogen and oxygen atoms in total. The molecule has 1 aliphatic rings. The van der Waals surface area contributed by atoms with Crippen LogP contribution in [-0.4, -0.2) is 34.9 Å². The molecule has 0 unspecified atom stereocenters. The Labute approximate surface area is 182 Å². The first-order chi connectivity index (χ1) is 15.3. The van der Waals surface area contributed by atoms with Gasteiger partial charge in [0.05, 0.1) is 5.52 Å². The third-order valence-corrected chi connectivity index (χ3v) is 5.53. The van der Waals surface area contributed by atoms with Gasteiger partial charge in [0.2, 0.25) is 11.9 Å². The molecule has 2 heterocycles. The van der Waals surface area contributed by atoms with Crippen molar-refractivity contribution >= 4 is 16.8 Å². The Morgan fingerprint density at radius 3 is 2.69 bits per heavy atom. The molecule has 0 saturated heterocycles. The van der Waals surface area contributed by atoms with E-state index in [9.17, 15) is 22.4 Å². The number of carbonyl (C=O) groups is 1. The molecule has 1 aliphatic heterocycles. The Balaban J connectivity index is 1.24. The van der Waals surface area contributed by atoms with Crippen molar-refractivity contribution in [3.05, 3.63) is 65.6 Å². The lowest BCUT2D eigenvalue weighted by Gasteiger charge is -2.29. The van der Waals surface area contributed by atoms with Crippen LogP contribution in [0, 0.1) is 5.95 Å². The van der Waals surface area contributed by atoms with E-state index in [-0.39, 0.29) is 18.1 Å². The van der Waals surface area contributed by atoms with E-state index in [0.29, 0.717) is 23.9 Å². The van der Waals surface area contributed by atoms with E-state index in [1.807, 2.05) is 0 Å². The molecular weight excluding hydrogens is 426 g/mol. The number of aromatic nitrogens is 1. The fourth-order valence-corrected chi connectivity index (χ4v) is 4.02. The number of hydrogen-bond acceptors (Lipinski definition) is 3. The van der Waals surface area contributed by atoms with Gasteiger partial charge in [-0.3, -0.25) is 15.1 Å². The molecule has 4 rings (SSSR count). The quantitative estimate of drug-likeness (QED) is 0.409. The summed E-state index contributed by atoms with van der Waals surface area (Å²) in [7, 11) is 0. The van der Waals surface area contributed by atoms with Crippen molar-refractivity contribution < 1.29 is 27.1 Å². The molecule has 0 atom stereocenters. The minimum absolute atomic E-state index is 0.209. The topological polar surface area (TPSA) is 46.5 Å². The Morgan fingerprint density at radius 2 is 1.88 bits per heavy atom. The van der Waals surface area contributed by atoms with E-state index >= 15 is 0 Å². The van der Waals surface area contributed by atoms with Gasteiger partial charge in [0.25, 0.3) is 0 Å². The van der Waals surface area contributed by atoms with Gasteiger partial charge < -0.3 is 4.74 Å². The zero-order valence-electron chi connectivity index (χ0n) is 17.3. The average molecular weight is 449 g/mol. The van der Waals surface area contributed by atoms with Crippen molar-refractivity contribution in [3.63, 3.8) is 0 Å². The van der Waals surface area contributed by atoms with Gasteiger partial charge in [0.15, 0.2) is 0 Å². The second-order valence-electron chi connectivity index (χ2n) is 7.86. The first-order valence-electron chi connectivity index (χ1n) is 10.4. The molecule has 1 amide bonds. The Kier molecular flexibility index (Phi) is 6.36. The number of hydrogen-bond donors (Lipinski definition) is 1. The lowest BCUT2D eigenvalue weighted by atomic mass is 9.99. The first-order valence-corrected chi connectivity index (χ1v) is 10.4. The van der Waals surface area contributed by atoms with Crippen LogP contribution in [0.5, 0.6) is 5.75 Å². The van der Waals surface area contributed by atoms with Crippen molar-refractivity contribution in [3.8, 4) is 5.75 Å². The van der Waals surface area contributed by atoms with Crippen LogP contribution in [0.25, 0.3) is 10.9 Å². The molecule has 0 radical (unpaired) electrons. The molecule has 3 aromatic rings. The number of carbonyl (C=O) groups excluding carboxylic acids is 1. The molecular formula is C23H23F4N3O2. The Hall–Kier alpha value is -3.07. The highest BCUT2D eigenvalue weighted by atomic mass is 19.4. The van der Waals surface area contributed by atoms with Crippen molar-refractivity contribution in [2.24, 2.45) is 0 Å². The highest BCUT2D eigenvalue weighted by Crippen LogP contribution is 2.28. The van der Waals surface area contributed by atoms with Gasteiger partial charge in [0, 0.05) is 31.0 Å². The summed E-state index contributed by atoms with van der Waals surface area (Å²) in [6, 6.07) is 12.9. The van der Waals surface area contributed by atoms with Crippen LogP contribution in [0.4, 0.5) is 17.6 Å². The van der Waals surface area contributed by atoms with Gasteiger partial charge in [-0.05, 0) is 55.1 Å². The largest absolute Gasteiger partial charge is 0.573 e. The summed E-state index contributed by atoms with van der Waals surface area (Å²) in [5.41, 5.74) is 5.04. The van der Waals surface area contributed by atoms with Crippen LogP contribution in [0.2, 0.25) is 0 Å². The van der Waals surface area contributed by atoms with E-state index in [1.54, 1.807) is 30.3 Å². The van der Waals surface area contributed by atoms with Gasteiger partial charge in [-0.2, -0.15) is 4.39 Å². The molecule has 0 saturated carbocycles. The number of ether oxygens (including phenoxy) is 1. The number of rotatable bonds is 7. The van der Waals surface area contributed by atoms with Crippen molar-refractivity contribution in [2.45, 2.75) is 38.6 Å². The van der Waals surface area contributed by atoms with Crippen molar-refractivity contribution in [1.29, 1.82) is 0 Å². The first kappa shape index (κ1) is 22.1. The maximum absolute atomic E-state index is 14.1. The van der Waals surface area contributed by atoms with E-state index in [4.69, 9.17) is 0 Å². The summed E-state index contributed by atoms with van der Waals surface area (Å²) in [5.74, 6) is -1.01. The molecule has 2 aromatic carbocycles. The van der Waals surface area contributed by atoms with Crippen LogP contribution >= 0.6 is 0 Å². The normalized spacial score (nSPS) is 14.4. The number of halogens is 4. The number of unbranched alkanes of at least 4 members (excludes halogenated alkanes) is 1. The highest BCUT2D eigenvalue weighted by molar-refractivity contribution is 5.87. The monoisotopic (exact) mass is 449 g/mol. The van der Waals surface area contributed by atoms with Crippen LogP contribution in [0.1, 0.15) is 30.4 Å². The highest BCUT2D eigenvalue weighted by Gasteiger charge is 2.31. The van der Waals surface area contributed by atoms with E-state index in [1.165, 1.54) is 18.2 Å². The molecule has 0 fully saturated rings. The molecule has 170 valence electrons. The predicted molar refractivity (Wildman–Crippen MR) is 112 cm³/mol. The van der Waals surface area contributed by atoms with Gasteiger partial charge in [-0.15, -0.1) is 13.2 Å². The second kappa shape index (κ2) is 9.20. The van der Waals surface area contributed by atoms with Crippen LogP contribution < -0.4 is 10.2 Å². The number of amides is 1. The number of fused-ring (bicyclic) bond motifs is 2. The Morgan fingerprint density at radius 1 is 1.06 bits per heavy atom. The SMILES string of the molecule is O=C(CCCCN1CCc2ccc(OC(F)(F)F)cc2C1)Nn1c(F)cc2ccccc21. The minimum Gasteiger partial charge on any atom is -0.406 e. The van der Waals surface area contributed by atoms with E-state index in [2.05, 4.69) is 15.1 Å². The molecule has 0 aliphatic carbocycles. The minimum atomic E-state index is -4.71. The van der Waals surface area contributed by atoms with Crippen molar-refractivity contribution in [1.82, 2.24) is 9.58 Å². The zero-order valence-corrected chi connectivity index (χ0v) is 17.3. The molecule has 1 aromatic heterocycles. The summed E-state index contributed by atoms with van der Waals surface area (Å²) in [4.78, 5) is 14.4. The van der Waals surface area contributed by atoms with E-state index < -0.39 is 12.3 Å². The summed E-state index contributed by atoms with van der Waals surface area (Å²) in [6.07, 6.45) is -2.34. The number of nitrogens with one attached hydrogen (secondary N) is 1. The van der Waals surface area contributed by atoms with Gasteiger partial charge >= 0.3 is 6.36 Å². The molecule has 9 heteroatoms. The molecule has 1 N–H and O–H groups in total. The number of benzene rings is 2. The summed E-state index contributed by atoms with van der Waals surface area (Å²) >= 11 is 0. The molecule has 0 spiro atoms. The standard InChI is InChI=1S/C23H23F4N3O2/c24-21-14-17-5-1-2-6-20(17)30(21)28-22(31)7-3-4-11-29-12-10-16-8-9-19(13-18(16)15-29)32-23(25,26)27/h1-2,5-6,8-9,13-14H,3-4,7,10-12,15H2,(H,28,31). The summed E-state index contributed by atoms with van der Waals surface area (Å²) < 4.78 is 56.6. The van der Waals surface area contributed by atoms with Crippen molar-refractivity contribution in [2.75, 3.05) is 18.5 Å². The van der Waals surface area contributed by atoms with Crippen LogP contribution in [-0.2, 0) is 17.8 Å². The lowest BCUT2D eigenvalue weighted by Crippen LogP contribution is -2.31. The van der Waals surface area contributed by atoms with E-state index in [0.717, 1.165) is 41.7 Å². The van der Waals surface area contributed by atoms with Gasteiger partial charge in [0.1, 0.15) is 5.75 Å². The maximum atomic E-state index is 14.1. The summed E-state index contributed by atoms with van der Waals surface area (Å²) in [6.45, 7) is 2.06. The molecule has 0 bridgehead atoms. The number of nitrogens with zero attached hydrogens (tertiary/aromatic N) is 2. The lowest BCUT2D eigenvalue weighted by molar-refractivity contribution is -0.274. The van der Waals surface area contributed by atoms with Gasteiger partial charge in [-0.1, -0.05) is 24.3 Å². The zero-order chi connectivity index (χ0) is 22.7. The van der Waals surface area contributed by atoms with Gasteiger partial charge in [-0.25, -0.2) is 4.68 Å². The average Bonchev–Trinajstić information content (AvgIpc) is 3.05. The maximum Gasteiger partial charge on any atom is 0.573 e.